The summed E-state index contributed by atoms with van der Waals surface area (Å²) in [5.41, 5.74) is 9.32. The highest BCUT2D eigenvalue weighted by Gasteiger charge is 2.16. The number of nitriles is 1. The molecule has 0 saturated carbocycles. The molecule has 0 fully saturated rings. The Morgan fingerprint density at radius 3 is 2.78 bits per heavy atom. The maximum Gasteiger partial charge on any atom is 0.142 e. The number of pyridine rings is 1. The predicted molar refractivity (Wildman–Crippen MR) is 88.4 cm³/mol. The number of anilines is 1. The van der Waals surface area contributed by atoms with Gasteiger partial charge in [-0.1, -0.05) is 18.2 Å². The van der Waals surface area contributed by atoms with Gasteiger partial charge in [-0.05, 0) is 24.3 Å². The number of H-pyrrole nitrogens is 1. The zero-order valence-electron chi connectivity index (χ0n) is 12.1. The van der Waals surface area contributed by atoms with E-state index in [-0.39, 0.29) is 5.82 Å². The molecule has 4 rings (SSSR count). The third-order valence-corrected chi connectivity index (χ3v) is 3.74. The van der Waals surface area contributed by atoms with Crippen LogP contribution in [0.4, 0.5) is 5.82 Å². The van der Waals surface area contributed by atoms with E-state index in [9.17, 15) is 5.26 Å². The molecule has 0 aliphatic rings. The molecule has 0 bridgehead atoms. The van der Waals surface area contributed by atoms with E-state index in [2.05, 4.69) is 16.0 Å². The number of aromatic nitrogens is 2. The first-order valence-corrected chi connectivity index (χ1v) is 7.09. The lowest BCUT2D eigenvalue weighted by Gasteiger charge is -2.06. The van der Waals surface area contributed by atoms with E-state index in [0.29, 0.717) is 22.6 Å². The molecule has 5 nitrogen and oxygen atoms in total. The smallest absolute Gasteiger partial charge is 0.142 e. The summed E-state index contributed by atoms with van der Waals surface area (Å²) in [4.78, 5) is 7.31. The molecule has 3 aromatic heterocycles. The Morgan fingerprint density at radius 2 is 2.04 bits per heavy atom. The normalized spacial score (nSPS) is 10.7. The molecule has 3 heterocycles. The number of benzene rings is 1. The summed E-state index contributed by atoms with van der Waals surface area (Å²) < 4.78 is 5.88. The number of nitrogen functional groups attached to an aromatic ring is 1. The van der Waals surface area contributed by atoms with E-state index in [1.807, 2.05) is 54.9 Å². The third kappa shape index (κ3) is 2.14. The second-order valence-electron chi connectivity index (χ2n) is 5.18. The van der Waals surface area contributed by atoms with Gasteiger partial charge < -0.3 is 15.1 Å². The van der Waals surface area contributed by atoms with E-state index in [0.717, 1.165) is 16.5 Å². The summed E-state index contributed by atoms with van der Waals surface area (Å²) in [5.74, 6) is 0.801. The van der Waals surface area contributed by atoms with Gasteiger partial charge in [0.05, 0.1) is 5.69 Å². The molecule has 0 atom stereocenters. The summed E-state index contributed by atoms with van der Waals surface area (Å²) in [6.07, 6.45) is 3.64. The number of nitrogens with one attached hydrogen (secondary N) is 1. The van der Waals surface area contributed by atoms with Crippen LogP contribution in [0.5, 0.6) is 0 Å². The number of furan rings is 1. The van der Waals surface area contributed by atoms with Crippen molar-refractivity contribution in [1.29, 1.82) is 5.26 Å². The van der Waals surface area contributed by atoms with E-state index in [4.69, 9.17) is 10.2 Å². The molecular formula is C18H12N4O. The van der Waals surface area contributed by atoms with Crippen LogP contribution in [-0.2, 0) is 0 Å². The van der Waals surface area contributed by atoms with Gasteiger partial charge in [0, 0.05) is 28.9 Å². The van der Waals surface area contributed by atoms with E-state index in [1.54, 1.807) is 0 Å². The lowest BCUT2D eigenvalue weighted by Crippen LogP contribution is -1.99. The molecule has 3 N–H and O–H groups in total. The molecule has 5 heteroatoms. The van der Waals surface area contributed by atoms with Crippen LogP contribution in [0.1, 0.15) is 5.56 Å². The van der Waals surface area contributed by atoms with Gasteiger partial charge >= 0.3 is 0 Å². The number of para-hydroxylation sites is 1. The fourth-order valence-electron chi connectivity index (χ4n) is 2.62. The number of hydrogen-bond donors (Lipinski definition) is 2. The SMILES string of the molecule is N#Cc1c(-c2cc3ccccc3o2)cc(-c2cc[nH]c2)nc1N. The van der Waals surface area contributed by atoms with E-state index >= 15 is 0 Å². The Kier molecular flexibility index (Phi) is 2.88. The quantitative estimate of drug-likeness (QED) is 0.586. The minimum absolute atomic E-state index is 0.196. The summed E-state index contributed by atoms with van der Waals surface area (Å²) in [6.45, 7) is 0. The topological polar surface area (TPSA) is 91.6 Å². The Bertz CT molecular complexity index is 1010. The van der Waals surface area contributed by atoms with Gasteiger partial charge in [-0.2, -0.15) is 5.26 Å². The van der Waals surface area contributed by atoms with Crippen molar-refractivity contribution in [1.82, 2.24) is 9.97 Å². The highest BCUT2D eigenvalue weighted by Crippen LogP contribution is 2.34. The first-order chi connectivity index (χ1) is 11.3. The lowest BCUT2D eigenvalue weighted by molar-refractivity contribution is 0.631. The average molecular weight is 300 g/mol. The second kappa shape index (κ2) is 5.04. The molecule has 0 amide bonds. The van der Waals surface area contributed by atoms with Gasteiger partial charge in [0.2, 0.25) is 0 Å². The van der Waals surface area contributed by atoms with Crippen LogP contribution in [0, 0.1) is 11.3 Å². The van der Waals surface area contributed by atoms with Crippen molar-refractivity contribution in [3.8, 4) is 28.7 Å². The third-order valence-electron chi connectivity index (χ3n) is 3.74. The fraction of sp³-hybridized carbons (Fsp3) is 0. The molecule has 1 aromatic carbocycles. The zero-order chi connectivity index (χ0) is 15.8. The molecule has 0 spiro atoms. The van der Waals surface area contributed by atoms with Crippen LogP contribution in [0.15, 0.2) is 59.3 Å². The van der Waals surface area contributed by atoms with Crippen LogP contribution < -0.4 is 5.73 Å². The molecule has 0 aliphatic heterocycles. The molecule has 4 aromatic rings. The van der Waals surface area contributed by atoms with Gasteiger partial charge in [0.15, 0.2) is 0 Å². The number of nitrogens with zero attached hydrogens (tertiary/aromatic N) is 2. The van der Waals surface area contributed by atoms with E-state index < -0.39 is 0 Å². The summed E-state index contributed by atoms with van der Waals surface area (Å²) in [5, 5.41) is 10.4. The van der Waals surface area contributed by atoms with Crippen LogP contribution >= 0.6 is 0 Å². The molecular weight excluding hydrogens is 288 g/mol. The number of aromatic amines is 1. The van der Waals surface area contributed by atoms with Crippen molar-refractivity contribution < 1.29 is 4.42 Å². The van der Waals surface area contributed by atoms with Crippen molar-refractivity contribution in [3.05, 3.63) is 60.4 Å². The van der Waals surface area contributed by atoms with Crippen LogP contribution in [-0.4, -0.2) is 9.97 Å². The number of hydrogen-bond acceptors (Lipinski definition) is 4. The van der Waals surface area contributed by atoms with Crippen LogP contribution in [0.25, 0.3) is 33.6 Å². The molecule has 110 valence electrons. The molecule has 0 saturated heterocycles. The van der Waals surface area contributed by atoms with Gasteiger partial charge in [0.1, 0.15) is 28.8 Å². The summed E-state index contributed by atoms with van der Waals surface area (Å²) in [7, 11) is 0. The van der Waals surface area contributed by atoms with Crippen molar-refractivity contribution in [2.45, 2.75) is 0 Å². The number of rotatable bonds is 2. The summed E-state index contributed by atoms with van der Waals surface area (Å²) >= 11 is 0. The van der Waals surface area contributed by atoms with Crippen LogP contribution in [0.2, 0.25) is 0 Å². The van der Waals surface area contributed by atoms with E-state index in [1.165, 1.54) is 0 Å². The van der Waals surface area contributed by atoms with Gasteiger partial charge in [0.25, 0.3) is 0 Å². The Morgan fingerprint density at radius 1 is 1.17 bits per heavy atom. The Labute approximate surface area is 132 Å². The largest absolute Gasteiger partial charge is 0.456 e. The Balaban J connectivity index is 1.97. The number of fused-ring (bicyclic) bond motifs is 1. The van der Waals surface area contributed by atoms with Gasteiger partial charge in [-0.25, -0.2) is 4.98 Å². The van der Waals surface area contributed by atoms with Crippen LogP contribution in [0.3, 0.4) is 0 Å². The average Bonchev–Trinajstić information content (AvgIpc) is 3.23. The summed E-state index contributed by atoms with van der Waals surface area (Å²) in [6, 6.07) is 15.5. The first kappa shape index (κ1) is 13.2. The number of nitrogens with two attached hydrogens (primary N) is 1. The maximum absolute atomic E-state index is 9.44. The minimum atomic E-state index is 0.196. The monoisotopic (exact) mass is 300 g/mol. The molecule has 0 unspecified atom stereocenters. The standard InChI is InChI=1S/C18H12N4O/c19-9-14-13(17-7-11-3-1-2-4-16(11)23-17)8-15(22-18(14)20)12-5-6-21-10-12/h1-8,10,21H,(H2,20,22). The highest BCUT2D eigenvalue weighted by atomic mass is 16.3. The molecule has 0 aliphatic carbocycles. The fourth-order valence-corrected chi connectivity index (χ4v) is 2.62. The van der Waals surface area contributed by atoms with Gasteiger partial charge in [-0.15, -0.1) is 0 Å². The lowest BCUT2D eigenvalue weighted by atomic mass is 10.0. The second-order valence-corrected chi connectivity index (χ2v) is 5.18. The van der Waals surface area contributed by atoms with Crippen molar-refractivity contribution in [2.24, 2.45) is 0 Å². The first-order valence-electron chi connectivity index (χ1n) is 7.09. The molecule has 23 heavy (non-hydrogen) atoms. The van der Waals surface area contributed by atoms with Gasteiger partial charge in [-0.3, -0.25) is 0 Å². The minimum Gasteiger partial charge on any atom is -0.456 e. The molecule has 0 radical (unpaired) electrons. The van der Waals surface area contributed by atoms with Crippen molar-refractivity contribution >= 4 is 16.8 Å². The predicted octanol–water partition coefficient (Wildman–Crippen LogP) is 3.94. The van der Waals surface area contributed by atoms with Crippen molar-refractivity contribution in [2.75, 3.05) is 5.73 Å². The Hall–Kier alpha value is -3.52. The van der Waals surface area contributed by atoms with Crippen molar-refractivity contribution in [3.63, 3.8) is 0 Å². The zero-order valence-corrected chi connectivity index (χ0v) is 12.1. The highest BCUT2D eigenvalue weighted by molar-refractivity contribution is 5.86. The maximum atomic E-state index is 9.44.